The van der Waals surface area contributed by atoms with Crippen molar-refractivity contribution in [2.75, 3.05) is 7.11 Å². The maximum absolute atomic E-state index is 11.4. The van der Waals surface area contributed by atoms with Crippen molar-refractivity contribution in [1.29, 1.82) is 0 Å². The fourth-order valence-corrected chi connectivity index (χ4v) is 1.52. The maximum Gasteiger partial charge on any atom is 0.260 e. The van der Waals surface area contributed by atoms with Crippen LogP contribution < -0.4 is 10.3 Å². The second-order valence-corrected chi connectivity index (χ2v) is 3.11. The fraction of sp³-hybridized carbons (Fsp3) is 0.111. The van der Waals surface area contributed by atoms with E-state index in [4.69, 9.17) is 16.3 Å². The molecular weight excluding hydrogens is 204 g/mol. The number of nitrogens with one attached hydrogen (secondary N) is 1. The number of fused-ring (bicyclic) bond motifs is 1. The van der Waals surface area contributed by atoms with Crippen LogP contribution in [0.2, 0.25) is 5.02 Å². The first kappa shape index (κ1) is 9.02. The number of H-pyrrole nitrogens is 1. The molecule has 5 heteroatoms. The van der Waals surface area contributed by atoms with Crippen LogP contribution in [0.5, 0.6) is 5.75 Å². The summed E-state index contributed by atoms with van der Waals surface area (Å²) < 4.78 is 5.06. The van der Waals surface area contributed by atoms with Gasteiger partial charge in [-0.15, -0.1) is 0 Å². The van der Waals surface area contributed by atoms with E-state index in [0.29, 0.717) is 21.7 Å². The first-order valence-electron chi connectivity index (χ1n) is 3.94. The third-order valence-electron chi connectivity index (χ3n) is 1.93. The Labute approximate surface area is 84.5 Å². The number of rotatable bonds is 1. The summed E-state index contributed by atoms with van der Waals surface area (Å²) in [5, 5.41) is 0.726. The van der Waals surface area contributed by atoms with Crippen LogP contribution in [0.4, 0.5) is 0 Å². The molecule has 0 fully saturated rings. The zero-order valence-corrected chi connectivity index (χ0v) is 8.13. The van der Waals surface area contributed by atoms with Crippen LogP contribution in [0.25, 0.3) is 10.9 Å². The van der Waals surface area contributed by atoms with Crippen LogP contribution >= 0.6 is 11.6 Å². The minimum Gasteiger partial charge on any atom is -0.494 e. The van der Waals surface area contributed by atoms with E-state index in [0.717, 1.165) is 0 Å². The Bertz CT molecular complexity index is 536. The molecule has 1 heterocycles. The number of aromatic nitrogens is 2. The molecule has 2 aromatic rings. The minimum atomic E-state index is -0.265. The van der Waals surface area contributed by atoms with Gasteiger partial charge in [0.1, 0.15) is 11.3 Å². The summed E-state index contributed by atoms with van der Waals surface area (Å²) in [7, 11) is 1.52. The molecule has 1 N–H and O–H groups in total. The topological polar surface area (TPSA) is 55.0 Å². The molecule has 0 aliphatic carbocycles. The van der Waals surface area contributed by atoms with Crippen molar-refractivity contribution in [3.63, 3.8) is 0 Å². The number of nitrogens with zero attached hydrogens (tertiary/aromatic N) is 1. The average molecular weight is 211 g/mol. The summed E-state index contributed by atoms with van der Waals surface area (Å²) in [5.41, 5.74) is 0.211. The average Bonchev–Trinajstić information content (AvgIpc) is 2.18. The highest BCUT2D eigenvalue weighted by molar-refractivity contribution is 6.35. The molecule has 0 unspecified atom stereocenters. The van der Waals surface area contributed by atoms with E-state index >= 15 is 0 Å². The van der Waals surface area contributed by atoms with Crippen LogP contribution in [0.1, 0.15) is 0 Å². The number of ether oxygens (including phenoxy) is 1. The lowest BCUT2D eigenvalue weighted by Gasteiger charge is -2.03. The normalized spacial score (nSPS) is 10.4. The van der Waals surface area contributed by atoms with Crippen LogP contribution in [0.15, 0.2) is 23.3 Å². The van der Waals surface area contributed by atoms with Gasteiger partial charge in [0.05, 0.1) is 23.8 Å². The largest absolute Gasteiger partial charge is 0.494 e. The van der Waals surface area contributed by atoms with Gasteiger partial charge >= 0.3 is 0 Å². The van der Waals surface area contributed by atoms with Crippen molar-refractivity contribution in [1.82, 2.24) is 9.97 Å². The van der Waals surface area contributed by atoms with Crippen molar-refractivity contribution >= 4 is 22.5 Å². The Morgan fingerprint density at radius 1 is 1.50 bits per heavy atom. The van der Waals surface area contributed by atoms with Crippen molar-refractivity contribution < 1.29 is 4.74 Å². The SMILES string of the molecule is COc1ccc(Cl)c2c(=O)[nH]cnc12. The van der Waals surface area contributed by atoms with E-state index < -0.39 is 0 Å². The summed E-state index contributed by atoms with van der Waals surface area (Å²) in [6.45, 7) is 0. The zero-order chi connectivity index (χ0) is 10.1. The predicted octanol–water partition coefficient (Wildman–Crippen LogP) is 1.59. The van der Waals surface area contributed by atoms with Crippen LogP contribution in [-0.2, 0) is 0 Å². The van der Waals surface area contributed by atoms with E-state index in [1.54, 1.807) is 12.1 Å². The van der Waals surface area contributed by atoms with Gasteiger partial charge in [-0.1, -0.05) is 11.6 Å². The third-order valence-corrected chi connectivity index (χ3v) is 2.24. The summed E-state index contributed by atoms with van der Waals surface area (Å²) >= 11 is 5.88. The number of hydrogen-bond donors (Lipinski definition) is 1. The smallest absolute Gasteiger partial charge is 0.260 e. The first-order valence-corrected chi connectivity index (χ1v) is 4.31. The molecule has 0 spiro atoms. The molecule has 1 aromatic carbocycles. The highest BCUT2D eigenvalue weighted by Gasteiger charge is 2.08. The van der Waals surface area contributed by atoms with Crippen LogP contribution in [0, 0.1) is 0 Å². The maximum atomic E-state index is 11.4. The molecule has 0 saturated heterocycles. The molecule has 4 nitrogen and oxygen atoms in total. The Morgan fingerprint density at radius 2 is 2.29 bits per heavy atom. The zero-order valence-electron chi connectivity index (χ0n) is 7.37. The van der Waals surface area contributed by atoms with Gasteiger partial charge in [0.15, 0.2) is 0 Å². The minimum absolute atomic E-state index is 0.265. The lowest BCUT2D eigenvalue weighted by atomic mass is 10.2. The summed E-state index contributed by atoms with van der Waals surface area (Å²) in [4.78, 5) is 17.9. The molecule has 14 heavy (non-hydrogen) atoms. The van der Waals surface area contributed by atoms with Gasteiger partial charge in [0.2, 0.25) is 0 Å². The van der Waals surface area contributed by atoms with Crippen molar-refractivity contribution in [3.8, 4) is 5.75 Å². The quantitative estimate of drug-likeness (QED) is 0.778. The number of benzene rings is 1. The highest BCUT2D eigenvalue weighted by atomic mass is 35.5. The molecular formula is C9H7ClN2O2. The van der Waals surface area contributed by atoms with Gasteiger partial charge in [-0.05, 0) is 12.1 Å². The summed E-state index contributed by atoms with van der Waals surface area (Å²) in [6.07, 6.45) is 1.32. The number of methoxy groups -OCH3 is 1. The molecule has 0 bridgehead atoms. The van der Waals surface area contributed by atoms with Crippen molar-refractivity contribution in [2.45, 2.75) is 0 Å². The molecule has 0 radical (unpaired) electrons. The second kappa shape index (κ2) is 3.31. The Morgan fingerprint density at radius 3 is 3.00 bits per heavy atom. The number of hydrogen-bond acceptors (Lipinski definition) is 3. The Balaban J connectivity index is 2.99. The number of halogens is 1. The Kier molecular flexibility index (Phi) is 2.13. The molecule has 0 saturated carbocycles. The van der Waals surface area contributed by atoms with Gasteiger partial charge in [-0.2, -0.15) is 0 Å². The van der Waals surface area contributed by atoms with Gasteiger partial charge in [-0.25, -0.2) is 4.98 Å². The summed E-state index contributed by atoms with van der Waals surface area (Å²) in [6, 6.07) is 3.29. The van der Waals surface area contributed by atoms with E-state index in [9.17, 15) is 4.79 Å². The predicted molar refractivity (Wildman–Crippen MR) is 53.9 cm³/mol. The van der Waals surface area contributed by atoms with E-state index in [1.165, 1.54) is 13.4 Å². The van der Waals surface area contributed by atoms with E-state index in [-0.39, 0.29) is 5.56 Å². The molecule has 2 rings (SSSR count). The molecule has 0 aliphatic rings. The monoisotopic (exact) mass is 210 g/mol. The van der Waals surface area contributed by atoms with Crippen LogP contribution in [-0.4, -0.2) is 17.1 Å². The highest BCUT2D eigenvalue weighted by Crippen LogP contribution is 2.26. The number of aromatic amines is 1. The van der Waals surface area contributed by atoms with Gasteiger partial charge in [0.25, 0.3) is 5.56 Å². The second-order valence-electron chi connectivity index (χ2n) is 2.70. The molecule has 0 amide bonds. The van der Waals surface area contributed by atoms with Gasteiger partial charge < -0.3 is 9.72 Å². The van der Waals surface area contributed by atoms with Crippen molar-refractivity contribution in [2.24, 2.45) is 0 Å². The molecule has 0 aliphatic heterocycles. The van der Waals surface area contributed by atoms with Crippen LogP contribution in [0.3, 0.4) is 0 Å². The third kappa shape index (κ3) is 1.24. The van der Waals surface area contributed by atoms with E-state index in [1.807, 2.05) is 0 Å². The molecule has 72 valence electrons. The Hall–Kier alpha value is -1.55. The first-order chi connectivity index (χ1) is 6.74. The summed E-state index contributed by atoms with van der Waals surface area (Å²) in [5.74, 6) is 0.538. The van der Waals surface area contributed by atoms with E-state index in [2.05, 4.69) is 9.97 Å². The lowest BCUT2D eigenvalue weighted by Crippen LogP contribution is -2.07. The molecule has 0 atom stereocenters. The standard InChI is InChI=1S/C9H7ClN2O2/c1-14-6-3-2-5(10)7-8(6)11-4-12-9(7)13/h2-4H,1H3,(H,11,12,13). The van der Waals surface area contributed by atoms with Gasteiger partial charge in [-0.3, -0.25) is 4.79 Å². The van der Waals surface area contributed by atoms with Crippen molar-refractivity contribution in [3.05, 3.63) is 33.8 Å². The molecule has 1 aromatic heterocycles. The van der Waals surface area contributed by atoms with Gasteiger partial charge in [0, 0.05) is 0 Å². The lowest BCUT2D eigenvalue weighted by molar-refractivity contribution is 0.419. The fourth-order valence-electron chi connectivity index (χ4n) is 1.28.